The highest BCUT2D eigenvalue weighted by atomic mass is 16.1. The third-order valence-corrected chi connectivity index (χ3v) is 1.96. The second kappa shape index (κ2) is 3.60. The first-order valence-electron chi connectivity index (χ1n) is 3.70. The van der Waals surface area contributed by atoms with Gasteiger partial charge in [-0.05, 0) is 0 Å². The Morgan fingerprint density at radius 3 is 1.12 bits per heavy atom. The fourth-order valence-corrected chi connectivity index (χ4v) is 1.32. The number of hydrogen-bond donors (Lipinski definition) is 2. The summed E-state index contributed by atoms with van der Waals surface area (Å²) in [6, 6.07) is 0. The smallest absolute Gasteiger partial charge is 0.238 e. The van der Waals surface area contributed by atoms with Gasteiger partial charge >= 0.3 is 0 Å². The lowest BCUT2D eigenvalue weighted by Crippen LogP contribution is -2.20. The summed E-state index contributed by atoms with van der Waals surface area (Å²) in [5.41, 5.74) is -0.0133. The molecule has 0 fully saturated rings. The molecule has 0 saturated carbocycles. The first kappa shape index (κ1) is 11.6. The van der Waals surface area contributed by atoms with Crippen LogP contribution in [0.1, 0.15) is 32.4 Å². The third-order valence-electron chi connectivity index (χ3n) is 1.96. The van der Waals surface area contributed by atoms with Crippen molar-refractivity contribution >= 4 is 11.6 Å². The van der Waals surface area contributed by atoms with E-state index in [0.29, 0.717) is 0 Å². The van der Waals surface area contributed by atoms with E-state index in [1.54, 1.807) is 0 Å². The summed E-state index contributed by atoms with van der Waals surface area (Å²) in [6.07, 6.45) is 0. The average Bonchev–Trinajstić information content (AvgIpc) is 2.82. The van der Waals surface area contributed by atoms with Gasteiger partial charge in [0.05, 0.1) is 0 Å². The molecule has 1 aliphatic carbocycles. The number of H-pyrrole nitrogens is 2. The van der Waals surface area contributed by atoms with Crippen LogP contribution in [0.3, 0.4) is 0 Å². The van der Waals surface area contributed by atoms with E-state index in [1.807, 2.05) is 0 Å². The van der Waals surface area contributed by atoms with E-state index in [0.717, 1.165) is 0 Å². The van der Waals surface area contributed by atoms with E-state index in [4.69, 9.17) is 0 Å². The number of nitrogens with zero attached hydrogens (tertiary/aromatic N) is 4. The molecule has 0 spiro atoms. The molecule has 0 radical (unpaired) electrons. The minimum absolute atomic E-state index is 0. The number of hydrogen-bond acceptors (Lipinski definition) is 6. The maximum absolute atomic E-state index is 11.6. The number of aromatic amines is 2. The van der Waals surface area contributed by atoms with E-state index in [2.05, 4.69) is 30.8 Å². The van der Waals surface area contributed by atoms with Gasteiger partial charge in [0.1, 0.15) is 0 Å². The maximum Gasteiger partial charge on any atom is 0.238 e. The van der Waals surface area contributed by atoms with Crippen LogP contribution in [0, 0.1) is 0 Å². The van der Waals surface area contributed by atoms with Crippen LogP contribution in [0.25, 0.3) is 0 Å². The normalized spacial score (nSPS) is 12.2. The summed E-state index contributed by atoms with van der Waals surface area (Å²) >= 11 is 0. The molecule has 0 saturated heterocycles. The molecule has 84 valence electrons. The van der Waals surface area contributed by atoms with Crippen LogP contribution < -0.4 is 0 Å². The molecule has 6 N–H and O–H groups in total. The van der Waals surface area contributed by atoms with Crippen molar-refractivity contribution in [1.29, 1.82) is 0 Å². The molecule has 0 bridgehead atoms. The van der Waals surface area contributed by atoms with Gasteiger partial charge in [-0.25, -0.2) is 0 Å². The summed E-state index contributed by atoms with van der Waals surface area (Å²) in [6.45, 7) is 0. The van der Waals surface area contributed by atoms with Gasteiger partial charge < -0.3 is 11.0 Å². The number of rotatable bonds is 0. The SMILES string of the molecule is O.O.O=C1c2n[nH]nc2C(=O)c2n[nH]nc21. The first-order valence-corrected chi connectivity index (χ1v) is 3.70. The van der Waals surface area contributed by atoms with Gasteiger partial charge in [0, 0.05) is 0 Å². The van der Waals surface area contributed by atoms with Crippen molar-refractivity contribution in [2.45, 2.75) is 0 Å². The Labute approximate surface area is 86.7 Å². The number of carbonyl (C=O) groups excluding carboxylic acids is 2. The molecule has 0 aliphatic heterocycles. The zero-order chi connectivity index (χ0) is 9.71. The Morgan fingerprint density at radius 1 is 0.625 bits per heavy atom. The molecule has 2 aromatic rings. The minimum Gasteiger partial charge on any atom is -0.412 e. The summed E-state index contributed by atoms with van der Waals surface area (Å²) in [7, 11) is 0. The molecule has 0 amide bonds. The van der Waals surface area contributed by atoms with Crippen LogP contribution >= 0.6 is 0 Å². The topological polar surface area (TPSA) is 180 Å². The van der Waals surface area contributed by atoms with Gasteiger partial charge in [-0.1, -0.05) is 0 Å². The van der Waals surface area contributed by atoms with Gasteiger partial charge in [0.15, 0.2) is 22.8 Å². The predicted octanol–water partition coefficient (Wildman–Crippen LogP) is -2.95. The lowest BCUT2D eigenvalue weighted by Gasteiger charge is -2.02. The zero-order valence-corrected chi connectivity index (χ0v) is 7.61. The first-order chi connectivity index (χ1) is 6.79. The van der Waals surface area contributed by atoms with Crippen molar-refractivity contribution in [2.24, 2.45) is 0 Å². The summed E-state index contributed by atoms with van der Waals surface area (Å²) in [5.74, 6) is -0.894. The van der Waals surface area contributed by atoms with Crippen molar-refractivity contribution in [1.82, 2.24) is 30.8 Å². The maximum atomic E-state index is 11.6. The highest BCUT2D eigenvalue weighted by Gasteiger charge is 2.36. The van der Waals surface area contributed by atoms with Crippen LogP contribution in [0.5, 0.6) is 0 Å². The Bertz CT molecular complexity index is 466. The van der Waals surface area contributed by atoms with Crippen molar-refractivity contribution in [3.8, 4) is 0 Å². The number of ketones is 2. The summed E-state index contributed by atoms with van der Waals surface area (Å²) in [4.78, 5) is 23.2. The number of carbonyl (C=O) groups is 2. The Hall–Kier alpha value is -2.46. The van der Waals surface area contributed by atoms with E-state index in [-0.39, 0.29) is 33.7 Å². The van der Waals surface area contributed by atoms with E-state index in [1.165, 1.54) is 0 Å². The summed E-state index contributed by atoms with van der Waals surface area (Å²) < 4.78 is 0. The molecule has 16 heavy (non-hydrogen) atoms. The van der Waals surface area contributed by atoms with Gasteiger partial charge in [-0.2, -0.15) is 30.8 Å². The molecular weight excluding hydrogens is 220 g/mol. The van der Waals surface area contributed by atoms with Crippen molar-refractivity contribution in [3.63, 3.8) is 0 Å². The molecule has 0 atom stereocenters. The fraction of sp³-hybridized carbons (Fsp3) is 0. The average molecular weight is 226 g/mol. The molecule has 3 rings (SSSR count). The van der Waals surface area contributed by atoms with Gasteiger partial charge in [0.25, 0.3) is 0 Å². The van der Waals surface area contributed by atoms with Gasteiger partial charge in [0.2, 0.25) is 11.6 Å². The molecule has 2 heterocycles. The number of aromatic nitrogens is 6. The minimum atomic E-state index is -0.447. The summed E-state index contributed by atoms with van der Waals surface area (Å²) in [5, 5.41) is 18.8. The highest BCUT2D eigenvalue weighted by Crippen LogP contribution is 2.20. The molecule has 2 aromatic heterocycles. The molecule has 1 aliphatic rings. The zero-order valence-electron chi connectivity index (χ0n) is 7.61. The Balaban J connectivity index is 0.000000640. The lowest BCUT2D eigenvalue weighted by atomic mass is 10.00. The molecule has 10 heteroatoms. The van der Waals surface area contributed by atoms with E-state index < -0.39 is 11.6 Å². The fourth-order valence-electron chi connectivity index (χ4n) is 1.32. The Morgan fingerprint density at radius 2 is 0.875 bits per heavy atom. The van der Waals surface area contributed by atoms with Gasteiger partial charge in [-0.3, -0.25) is 9.59 Å². The second-order valence-electron chi connectivity index (χ2n) is 2.70. The van der Waals surface area contributed by atoms with Crippen LogP contribution in [0.2, 0.25) is 0 Å². The number of fused-ring (bicyclic) bond motifs is 2. The van der Waals surface area contributed by atoms with Gasteiger partial charge in [-0.15, -0.1) is 0 Å². The molecular formula is C6H6N6O4. The van der Waals surface area contributed by atoms with E-state index in [9.17, 15) is 9.59 Å². The largest absolute Gasteiger partial charge is 0.412 e. The van der Waals surface area contributed by atoms with Crippen LogP contribution in [-0.4, -0.2) is 53.3 Å². The highest BCUT2D eigenvalue weighted by molar-refractivity contribution is 6.25. The van der Waals surface area contributed by atoms with Crippen molar-refractivity contribution in [3.05, 3.63) is 22.8 Å². The third kappa shape index (κ3) is 1.14. The van der Waals surface area contributed by atoms with Crippen molar-refractivity contribution in [2.75, 3.05) is 0 Å². The monoisotopic (exact) mass is 226 g/mol. The standard InChI is InChI=1S/C6H2N6O2.2H2O/c13-5-1-2(8-11-7-1)6(14)4-3(5)9-12-10-4;;/h(H,7,8,11)(H,9,10,12);2*1H2. The van der Waals surface area contributed by atoms with Crippen LogP contribution in [-0.2, 0) is 0 Å². The van der Waals surface area contributed by atoms with Crippen LogP contribution in [0.4, 0.5) is 0 Å². The van der Waals surface area contributed by atoms with Crippen LogP contribution in [0.15, 0.2) is 0 Å². The molecule has 0 aromatic carbocycles. The molecule has 0 unspecified atom stereocenters. The lowest BCUT2D eigenvalue weighted by molar-refractivity contribution is 0.0969. The quantitative estimate of drug-likeness (QED) is 0.413. The second-order valence-corrected chi connectivity index (χ2v) is 2.70. The number of nitrogens with one attached hydrogen (secondary N) is 2. The molecule has 10 nitrogen and oxygen atoms in total. The van der Waals surface area contributed by atoms with E-state index >= 15 is 0 Å². The predicted molar refractivity (Wildman–Crippen MR) is 46.9 cm³/mol. The Kier molecular flexibility index (Phi) is 2.61. The van der Waals surface area contributed by atoms with Crippen molar-refractivity contribution < 1.29 is 20.5 Å².